The van der Waals surface area contributed by atoms with Crippen molar-refractivity contribution in [3.8, 4) is 28.0 Å². The maximum atomic E-state index is 15.1. The molecule has 4 rings (SSSR count). The molecule has 0 atom stereocenters. The van der Waals surface area contributed by atoms with Crippen LogP contribution in [0.15, 0.2) is 66.7 Å². The van der Waals surface area contributed by atoms with Crippen molar-refractivity contribution in [1.29, 1.82) is 0 Å². The first-order valence-corrected chi connectivity index (χ1v) is 14.9. The van der Waals surface area contributed by atoms with Crippen LogP contribution >= 0.6 is 0 Å². The van der Waals surface area contributed by atoms with E-state index in [0.29, 0.717) is 48.0 Å². The molecule has 0 spiro atoms. The van der Waals surface area contributed by atoms with E-state index in [2.05, 4.69) is 13.0 Å². The normalized spacial score (nSPS) is 17.3. The van der Waals surface area contributed by atoms with Crippen molar-refractivity contribution in [2.24, 2.45) is 5.92 Å². The summed E-state index contributed by atoms with van der Waals surface area (Å²) in [6, 6.07) is 14.7. The molecule has 0 unspecified atom stereocenters. The highest BCUT2D eigenvalue weighted by atomic mass is 19.2. The number of halogens is 3. The Labute approximate surface area is 242 Å². The number of hydrogen-bond acceptors (Lipinski definition) is 3. The zero-order valence-corrected chi connectivity index (χ0v) is 24.1. The van der Waals surface area contributed by atoms with E-state index >= 15 is 4.39 Å². The highest BCUT2D eigenvalue weighted by molar-refractivity contribution is 5.71. The van der Waals surface area contributed by atoms with Gasteiger partial charge in [-0.2, -0.15) is 4.39 Å². The molecule has 3 aromatic rings. The predicted octanol–water partition coefficient (Wildman–Crippen LogP) is 10.2. The minimum atomic E-state index is -0.990. The third kappa shape index (κ3) is 8.46. The molecule has 6 heteroatoms. The van der Waals surface area contributed by atoms with Gasteiger partial charge in [0, 0.05) is 22.6 Å². The van der Waals surface area contributed by atoms with Gasteiger partial charge in [-0.15, -0.1) is 0 Å². The second-order valence-corrected chi connectivity index (χ2v) is 10.7. The van der Waals surface area contributed by atoms with E-state index in [4.69, 9.17) is 14.2 Å². The van der Waals surface area contributed by atoms with Gasteiger partial charge in [-0.1, -0.05) is 87.6 Å². The summed E-state index contributed by atoms with van der Waals surface area (Å²) < 4.78 is 62.0. The zero-order valence-electron chi connectivity index (χ0n) is 24.1. The lowest BCUT2D eigenvalue weighted by Crippen LogP contribution is -2.27. The first-order chi connectivity index (χ1) is 20.0. The highest BCUT2D eigenvalue weighted by Gasteiger charge is 2.24. The molecule has 0 aliphatic carbocycles. The SMILES string of the molecule is CC=CCCC1COC(c2ccc(-c3ccc(-c4ccc(OCCCCCCCC)c(F)c4F)cc3)c(F)c2)OC1. The standard InChI is InChI=1S/C35H41F3O3/c1-3-5-7-8-9-11-21-39-32-20-19-30(33(37)34(32)38)27-15-13-26(14-16-27)29-18-17-28(22-31(29)36)35-40-23-25(24-41-35)12-10-6-4-2/h4,6,13-20,22,25,35H,3,5,7-12,21,23-24H2,1-2H3. The fourth-order valence-electron chi connectivity index (χ4n) is 5.07. The van der Waals surface area contributed by atoms with Crippen LogP contribution in [-0.2, 0) is 9.47 Å². The van der Waals surface area contributed by atoms with Crippen LogP contribution in [0.2, 0.25) is 0 Å². The highest BCUT2D eigenvalue weighted by Crippen LogP contribution is 2.34. The van der Waals surface area contributed by atoms with Crippen LogP contribution in [0.1, 0.15) is 77.1 Å². The molecule has 0 aromatic heterocycles. The summed E-state index contributed by atoms with van der Waals surface area (Å²) in [5.74, 6) is -2.09. The minimum absolute atomic E-state index is 0.0753. The molecule has 0 N–H and O–H groups in total. The van der Waals surface area contributed by atoms with E-state index in [1.54, 1.807) is 36.4 Å². The Morgan fingerprint density at radius 3 is 2.15 bits per heavy atom. The average molecular weight is 567 g/mol. The number of hydrogen-bond donors (Lipinski definition) is 0. The first-order valence-electron chi connectivity index (χ1n) is 14.9. The predicted molar refractivity (Wildman–Crippen MR) is 158 cm³/mol. The van der Waals surface area contributed by atoms with Crippen molar-refractivity contribution in [2.75, 3.05) is 19.8 Å². The molecule has 1 fully saturated rings. The molecule has 1 saturated heterocycles. The van der Waals surface area contributed by atoms with Crippen molar-refractivity contribution in [3.63, 3.8) is 0 Å². The van der Waals surface area contributed by atoms with Crippen LogP contribution in [0, 0.1) is 23.4 Å². The first kappa shape index (κ1) is 30.9. The van der Waals surface area contributed by atoms with Gasteiger partial charge in [0.15, 0.2) is 17.9 Å². The maximum absolute atomic E-state index is 15.1. The molecule has 3 aromatic carbocycles. The van der Waals surface area contributed by atoms with Crippen LogP contribution in [0.25, 0.3) is 22.3 Å². The lowest BCUT2D eigenvalue weighted by atomic mass is 9.98. The summed E-state index contributed by atoms with van der Waals surface area (Å²) >= 11 is 0. The summed E-state index contributed by atoms with van der Waals surface area (Å²) in [5, 5.41) is 0. The molecular formula is C35H41F3O3. The zero-order chi connectivity index (χ0) is 29.0. The molecule has 1 heterocycles. The largest absolute Gasteiger partial charge is 0.490 e. The van der Waals surface area contributed by atoms with Crippen LogP contribution in [0.3, 0.4) is 0 Å². The Morgan fingerprint density at radius 2 is 1.46 bits per heavy atom. The van der Waals surface area contributed by atoms with Crippen molar-refractivity contribution in [2.45, 2.75) is 71.5 Å². The monoisotopic (exact) mass is 566 g/mol. The van der Waals surface area contributed by atoms with Gasteiger partial charge < -0.3 is 14.2 Å². The van der Waals surface area contributed by atoms with Gasteiger partial charge in [0.05, 0.1) is 19.8 Å². The average Bonchev–Trinajstić information content (AvgIpc) is 2.99. The second kappa shape index (κ2) is 15.8. The van der Waals surface area contributed by atoms with E-state index in [-0.39, 0.29) is 11.3 Å². The Morgan fingerprint density at radius 1 is 0.805 bits per heavy atom. The molecular weight excluding hydrogens is 525 g/mol. The van der Waals surface area contributed by atoms with Crippen molar-refractivity contribution >= 4 is 0 Å². The van der Waals surface area contributed by atoms with Gasteiger partial charge in [0.25, 0.3) is 0 Å². The number of unbranched alkanes of at least 4 members (excludes halogenated alkanes) is 5. The lowest BCUT2D eigenvalue weighted by molar-refractivity contribution is -0.205. The van der Waals surface area contributed by atoms with Crippen molar-refractivity contribution in [3.05, 3.63) is 89.8 Å². The Kier molecular flexibility index (Phi) is 11.9. The van der Waals surface area contributed by atoms with Crippen molar-refractivity contribution in [1.82, 2.24) is 0 Å². The van der Waals surface area contributed by atoms with Crippen LogP contribution in [0.4, 0.5) is 13.2 Å². The van der Waals surface area contributed by atoms with Gasteiger partial charge in [0.1, 0.15) is 5.82 Å². The van der Waals surface area contributed by atoms with E-state index in [1.165, 1.54) is 37.5 Å². The molecule has 0 saturated carbocycles. The summed E-state index contributed by atoms with van der Waals surface area (Å²) in [6.07, 6.45) is 12.1. The third-order valence-corrected chi connectivity index (χ3v) is 7.52. The van der Waals surface area contributed by atoms with Crippen LogP contribution in [0.5, 0.6) is 5.75 Å². The van der Waals surface area contributed by atoms with Gasteiger partial charge >= 0.3 is 0 Å². The lowest BCUT2D eigenvalue weighted by Gasteiger charge is -2.29. The van der Waals surface area contributed by atoms with Gasteiger partial charge in [-0.3, -0.25) is 0 Å². The third-order valence-electron chi connectivity index (χ3n) is 7.52. The molecule has 1 aliphatic rings. The summed E-state index contributed by atoms with van der Waals surface area (Å²) in [5.41, 5.74) is 2.30. The van der Waals surface area contributed by atoms with E-state index in [1.807, 2.05) is 13.0 Å². The van der Waals surface area contributed by atoms with Gasteiger partial charge in [-0.05, 0) is 55.5 Å². The fourth-order valence-corrected chi connectivity index (χ4v) is 5.07. The summed E-state index contributed by atoms with van der Waals surface area (Å²) in [4.78, 5) is 0. The molecule has 3 nitrogen and oxygen atoms in total. The Balaban J connectivity index is 1.35. The van der Waals surface area contributed by atoms with Gasteiger partial charge in [0.2, 0.25) is 5.82 Å². The quantitative estimate of drug-likeness (QED) is 0.144. The van der Waals surface area contributed by atoms with Crippen LogP contribution in [-0.4, -0.2) is 19.8 Å². The minimum Gasteiger partial charge on any atom is -0.490 e. The van der Waals surface area contributed by atoms with E-state index in [0.717, 1.165) is 32.1 Å². The molecule has 220 valence electrons. The number of allylic oxidation sites excluding steroid dienone is 2. The van der Waals surface area contributed by atoms with E-state index in [9.17, 15) is 8.78 Å². The number of rotatable bonds is 14. The summed E-state index contributed by atoms with van der Waals surface area (Å²) in [7, 11) is 0. The van der Waals surface area contributed by atoms with Crippen LogP contribution < -0.4 is 4.74 Å². The smallest absolute Gasteiger partial charge is 0.201 e. The molecule has 41 heavy (non-hydrogen) atoms. The Bertz CT molecular complexity index is 1260. The maximum Gasteiger partial charge on any atom is 0.201 e. The fraction of sp³-hybridized carbons (Fsp3) is 0.429. The van der Waals surface area contributed by atoms with Crippen molar-refractivity contribution < 1.29 is 27.4 Å². The number of ether oxygens (including phenoxy) is 3. The topological polar surface area (TPSA) is 27.7 Å². The van der Waals surface area contributed by atoms with E-state index < -0.39 is 23.7 Å². The summed E-state index contributed by atoms with van der Waals surface area (Å²) in [6.45, 7) is 5.69. The second-order valence-electron chi connectivity index (χ2n) is 10.7. The molecule has 0 amide bonds. The molecule has 0 bridgehead atoms. The molecule has 1 aliphatic heterocycles. The number of benzene rings is 3. The molecule has 0 radical (unpaired) electrons. The van der Waals surface area contributed by atoms with Gasteiger partial charge in [-0.25, -0.2) is 8.78 Å². The Hall–Kier alpha value is -3.09.